The maximum atomic E-state index is 12.2. The number of nitrogens with one attached hydrogen (secondary N) is 2. The smallest absolute Gasteiger partial charge is 0.293 e. The van der Waals surface area contributed by atoms with E-state index in [9.17, 15) is 19.7 Å². The summed E-state index contributed by atoms with van der Waals surface area (Å²) in [6, 6.07) is 4.69. The SMILES string of the molecule is CC(=O)N1CC[NH+](CC(=O)Nc2c(C)cccc2[N+](=O)[O-])CC1. The molecule has 2 rings (SSSR count). The quantitative estimate of drug-likeness (QED) is 0.582. The lowest BCUT2D eigenvalue weighted by molar-refractivity contribution is -0.895. The van der Waals surface area contributed by atoms with Crippen molar-refractivity contribution >= 4 is 23.2 Å². The molecule has 1 aromatic rings. The van der Waals surface area contributed by atoms with Gasteiger partial charge in [0.15, 0.2) is 6.54 Å². The van der Waals surface area contributed by atoms with E-state index < -0.39 is 4.92 Å². The van der Waals surface area contributed by atoms with E-state index in [1.54, 1.807) is 24.0 Å². The molecule has 8 nitrogen and oxygen atoms in total. The van der Waals surface area contributed by atoms with Gasteiger partial charge in [0.25, 0.3) is 11.6 Å². The highest BCUT2D eigenvalue weighted by Crippen LogP contribution is 2.27. The normalized spacial score (nSPS) is 15.3. The van der Waals surface area contributed by atoms with Gasteiger partial charge in [0.2, 0.25) is 5.91 Å². The Morgan fingerprint density at radius 1 is 1.35 bits per heavy atom. The Kier molecular flexibility index (Phi) is 5.28. The third-order valence-corrected chi connectivity index (χ3v) is 4.04. The van der Waals surface area contributed by atoms with E-state index in [1.165, 1.54) is 13.0 Å². The molecule has 1 aliphatic rings. The van der Waals surface area contributed by atoms with Crippen LogP contribution in [0.2, 0.25) is 0 Å². The van der Waals surface area contributed by atoms with Crippen LogP contribution in [0.15, 0.2) is 18.2 Å². The summed E-state index contributed by atoms with van der Waals surface area (Å²) in [5.74, 6) is -0.210. The van der Waals surface area contributed by atoms with Crippen LogP contribution in [-0.4, -0.2) is 54.4 Å². The number of para-hydroxylation sites is 1. The molecule has 1 heterocycles. The third kappa shape index (κ3) is 4.26. The number of anilines is 1. The molecule has 1 aromatic carbocycles. The number of hydrogen-bond acceptors (Lipinski definition) is 4. The van der Waals surface area contributed by atoms with E-state index in [1.807, 2.05) is 0 Å². The molecule has 124 valence electrons. The number of carbonyl (C=O) groups excluding carboxylic acids is 2. The summed E-state index contributed by atoms with van der Waals surface area (Å²) >= 11 is 0. The van der Waals surface area contributed by atoms with Crippen molar-refractivity contribution in [2.75, 3.05) is 38.0 Å². The van der Waals surface area contributed by atoms with Crippen LogP contribution in [0.4, 0.5) is 11.4 Å². The number of piperazine rings is 1. The Bertz CT molecular complexity index is 624. The second-order valence-corrected chi connectivity index (χ2v) is 5.71. The zero-order valence-electron chi connectivity index (χ0n) is 13.3. The number of nitro groups is 1. The third-order valence-electron chi connectivity index (χ3n) is 4.04. The van der Waals surface area contributed by atoms with Gasteiger partial charge >= 0.3 is 0 Å². The fraction of sp³-hybridized carbons (Fsp3) is 0.467. The van der Waals surface area contributed by atoms with Gasteiger partial charge in [-0.05, 0) is 12.5 Å². The van der Waals surface area contributed by atoms with Crippen molar-refractivity contribution < 1.29 is 19.4 Å². The van der Waals surface area contributed by atoms with Gasteiger partial charge in [-0.25, -0.2) is 0 Å². The molecular formula is C15H21N4O4+. The molecule has 0 saturated carbocycles. The molecule has 2 N–H and O–H groups in total. The average molecular weight is 321 g/mol. The van der Waals surface area contributed by atoms with Crippen molar-refractivity contribution in [1.82, 2.24) is 4.90 Å². The van der Waals surface area contributed by atoms with Crippen LogP contribution in [0.25, 0.3) is 0 Å². The predicted octanol–water partition coefficient (Wildman–Crippen LogP) is -0.411. The van der Waals surface area contributed by atoms with Crippen molar-refractivity contribution in [1.29, 1.82) is 0 Å². The predicted molar refractivity (Wildman–Crippen MR) is 84.3 cm³/mol. The molecular weight excluding hydrogens is 300 g/mol. The van der Waals surface area contributed by atoms with Crippen molar-refractivity contribution in [3.8, 4) is 0 Å². The first-order valence-corrected chi connectivity index (χ1v) is 7.51. The standard InChI is InChI=1S/C15H20N4O4/c1-11-4-3-5-13(19(22)23)15(11)16-14(21)10-17-6-8-18(9-7-17)12(2)20/h3-5H,6-10H2,1-2H3,(H,16,21)/p+1. The molecule has 8 heteroatoms. The summed E-state index contributed by atoms with van der Waals surface area (Å²) in [4.78, 5) is 36.9. The Morgan fingerprint density at radius 2 is 2.00 bits per heavy atom. The number of hydrogen-bond donors (Lipinski definition) is 2. The number of nitro benzene ring substituents is 1. The fourth-order valence-electron chi connectivity index (χ4n) is 2.69. The Hall–Kier alpha value is -2.48. The maximum Gasteiger partial charge on any atom is 0.293 e. The molecule has 0 aromatic heterocycles. The molecule has 1 aliphatic heterocycles. The van der Waals surface area contributed by atoms with Gasteiger partial charge in [0, 0.05) is 13.0 Å². The zero-order valence-corrected chi connectivity index (χ0v) is 13.3. The number of aryl methyl sites for hydroxylation is 1. The van der Waals surface area contributed by atoms with Crippen molar-refractivity contribution in [3.05, 3.63) is 33.9 Å². The molecule has 0 aliphatic carbocycles. The lowest BCUT2D eigenvalue weighted by Gasteiger charge is -2.31. The molecule has 1 saturated heterocycles. The van der Waals surface area contributed by atoms with Gasteiger partial charge in [-0.1, -0.05) is 12.1 Å². The van der Waals surface area contributed by atoms with E-state index in [-0.39, 0.29) is 29.7 Å². The van der Waals surface area contributed by atoms with Gasteiger partial charge < -0.3 is 15.1 Å². The number of amides is 2. The Morgan fingerprint density at radius 3 is 2.57 bits per heavy atom. The summed E-state index contributed by atoms with van der Waals surface area (Å²) in [6.45, 7) is 6.14. The average Bonchev–Trinajstić information content (AvgIpc) is 2.49. The topological polar surface area (TPSA) is 97.0 Å². The van der Waals surface area contributed by atoms with Gasteiger partial charge in [-0.15, -0.1) is 0 Å². The molecule has 0 radical (unpaired) electrons. The first-order valence-electron chi connectivity index (χ1n) is 7.51. The van der Waals surface area contributed by atoms with Crippen LogP contribution in [-0.2, 0) is 9.59 Å². The maximum absolute atomic E-state index is 12.2. The zero-order chi connectivity index (χ0) is 17.0. The number of quaternary nitrogens is 1. The van der Waals surface area contributed by atoms with Gasteiger partial charge in [-0.3, -0.25) is 19.7 Å². The summed E-state index contributed by atoms with van der Waals surface area (Å²) in [6.07, 6.45) is 0. The second-order valence-electron chi connectivity index (χ2n) is 5.71. The number of rotatable bonds is 4. The van der Waals surface area contributed by atoms with Gasteiger partial charge in [0.05, 0.1) is 31.1 Å². The first kappa shape index (κ1) is 16.9. The van der Waals surface area contributed by atoms with Crippen LogP contribution in [0.5, 0.6) is 0 Å². The lowest BCUT2D eigenvalue weighted by Crippen LogP contribution is -3.15. The highest BCUT2D eigenvalue weighted by atomic mass is 16.6. The minimum Gasteiger partial charge on any atom is -0.332 e. The van der Waals surface area contributed by atoms with Crippen LogP contribution < -0.4 is 10.2 Å². The highest BCUT2D eigenvalue weighted by molar-refractivity contribution is 5.94. The largest absolute Gasteiger partial charge is 0.332 e. The van der Waals surface area contributed by atoms with E-state index in [0.717, 1.165) is 4.90 Å². The fourth-order valence-corrected chi connectivity index (χ4v) is 2.69. The van der Waals surface area contributed by atoms with Crippen molar-refractivity contribution in [2.24, 2.45) is 0 Å². The summed E-state index contributed by atoms with van der Waals surface area (Å²) < 4.78 is 0. The summed E-state index contributed by atoms with van der Waals surface area (Å²) in [5.41, 5.74) is 0.808. The Balaban J connectivity index is 1.96. The van der Waals surface area contributed by atoms with Crippen molar-refractivity contribution in [3.63, 3.8) is 0 Å². The number of benzene rings is 1. The minimum absolute atomic E-state index is 0.0454. The molecule has 0 unspecified atom stereocenters. The molecule has 23 heavy (non-hydrogen) atoms. The van der Waals surface area contributed by atoms with E-state index in [0.29, 0.717) is 31.7 Å². The van der Waals surface area contributed by atoms with E-state index >= 15 is 0 Å². The second kappa shape index (κ2) is 7.19. The molecule has 0 atom stereocenters. The monoisotopic (exact) mass is 321 g/mol. The summed E-state index contributed by atoms with van der Waals surface area (Å²) in [7, 11) is 0. The summed E-state index contributed by atoms with van der Waals surface area (Å²) in [5, 5.41) is 13.7. The molecule has 2 amide bonds. The van der Waals surface area contributed by atoms with Gasteiger partial charge in [0.1, 0.15) is 5.69 Å². The lowest BCUT2D eigenvalue weighted by atomic mass is 10.1. The van der Waals surface area contributed by atoms with Crippen LogP contribution in [0.1, 0.15) is 12.5 Å². The number of nitrogens with zero attached hydrogens (tertiary/aromatic N) is 2. The number of carbonyl (C=O) groups is 2. The first-order chi connectivity index (χ1) is 10.9. The van der Waals surface area contributed by atoms with Crippen LogP contribution in [0.3, 0.4) is 0 Å². The van der Waals surface area contributed by atoms with Crippen LogP contribution >= 0.6 is 0 Å². The highest BCUT2D eigenvalue weighted by Gasteiger charge is 2.25. The minimum atomic E-state index is -0.499. The van der Waals surface area contributed by atoms with E-state index in [2.05, 4.69) is 5.32 Å². The molecule has 1 fully saturated rings. The van der Waals surface area contributed by atoms with E-state index in [4.69, 9.17) is 0 Å². The van der Waals surface area contributed by atoms with Gasteiger partial charge in [-0.2, -0.15) is 0 Å². The van der Waals surface area contributed by atoms with Crippen molar-refractivity contribution in [2.45, 2.75) is 13.8 Å². The Labute approximate surface area is 134 Å². The molecule has 0 bridgehead atoms. The molecule has 0 spiro atoms. The van der Waals surface area contributed by atoms with Crippen LogP contribution in [0, 0.1) is 17.0 Å².